The summed E-state index contributed by atoms with van der Waals surface area (Å²) in [5.74, 6) is -1.79. The normalized spacial score (nSPS) is 10.8. The quantitative estimate of drug-likeness (QED) is 0.0769. The summed E-state index contributed by atoms with van der Waals surface area (Å²) in [6.07, 6.45) is 20.8. The molecule has 1 amide bonds. The van der Waals surface area contributed by atoms with Gasteiger partial charge in [0.2, 0.25) is 0 Å². The highest BCUT2D eigenvalue weighted by molar-refractivity contribution is 6.00. The average molecular weight is 640 g/mol. The standard InChI is InChI=1S/C38H57NO7/c1-3-5-6-7-8-9-10-11-12-13-14-15-16-17-18-22-27-45-33-25-26-35(46-31-32-23-20-19-21-24-32)34(28-33)38(43)39(29-36(40)41)30-37(42)44-4-2/h19-21,23-26,28H,3-18,22,27,29-31H2,1-2H3,(H,40,41). The maximum Gasteiger partial charge on any atom is 0.325 e. The molecule has 0 fully saturated rings. The molecule has 0 saturated heterocycles. The van der Waals surface area contributed by atoms with E-state index >= 15 is 0 Å². The number of hydrogen-bond acceptors (Lipinski definition) is 6. The van der Waals surface area contributed by atoms with Gasteiger partial charge in [0.05, 0.1) is 18.8 Å². The minimum absolute atomic E-state index is 0.127. The van der Waals surface area contributed by atoms with Gasteiger partial charge in [-0.25, -0.2) is 0 Å². The summed E-state index contributed by atoms with van der Waals surface area (Å²) in [6, 6.07) is 14.5. The number of carboxylic acids is 1. The summed E-state index contributed by atoms with van der Waals surface area (Å²) in [4.78, 5) is 38.2. The van der Waals surface area contributed by atoms with Crippen LogP contribution in [0, 0.1) is 0 Å². The molecule has 2 aromatic rings. The second-order valence-corrected chi connectivity index (χ2v) is 11.9. The summed E-state index contributed by atoms with van der Waals surface area (Å²) in [5, 5.41) is 9.41. The molecule has 0 heterocycles. The van der Waals surface area contributed by atoms with Gasteiger partial charge < -0.3 is 24.2 Å². The number of hydrogen-bond donors (Lipinski definition) is 1. The van der Waals surface area contributed by atoms with Crippen LogP contribution < -0.4 is 9.47 Å². The molecule has 8 nitrogen and oxygen atoms in total. The Morgan fingerprint density at radius 1 is 0.674 bits per heavy atom. The van der Waals surface area contributed by atoms with E-state index in [4.69, 9.17) is 14.2 Å². The van der Waals surface area contributed by atoms with Crippen LogP contribution in [0.4, 0.5) is 0 Å². The number of benzene rings is 2. The minimum Gasteiger partial charge on any atom is -0.494 e. The van der Waals surface area contributed by atoms with Crippen LogP contribution in [-0.4, -0.2) is 54.2 Å². The smallest absolute Gasteiger partial charge is 0.325 e. The number of esters is 1. The zero-order valence-electron chi connectivity index (χ0n) is 28.3. The van der Waals surface area contributed by atoms with Crippen molar-refractivity contribution in [2.45, 2.75) is 123 Å². The third kappa shape index (κ3) is 17.2. The van der Waals surface area contributed by atoms with Gasteiger partial charge in [-0.1, -0.05) is 134 Å². The van der Waals surface area contributed by atoms with Crippen LogP contribution in [0.15, 0.2) is 48.5 Å². The van der Waals surface area contributed by atoms with E-state index in [-0.39, 0.29) is 24.5 Å². The lowest BCUT2D eigenvalue weighted by molar-refractivity contribution is -0.145. The lowest BCUT2D eigenvalue weighted by atomic mass is 10.0. The zero-order valence-corrected chi connectivity index (χ0v) is 28.3. The van der Waals surface area contributed by atoms with Crippen LogP contribution >= 0.6 is 0 Å². The van der Waals surface area contributed by atoms with Crippen molar-refractivity contribution in [2.75, 3.05) is 26.3 Å². The van der Waals surface area contributed by atoms with Gasteiger partial charge in [-0.3, -0.25) is 14.4 Å². The van der Waals surface area contributed by atoms with E-state index < -0.39 is 30.9 Å². The zero-order chi connectivity index (χ0) is 33.2. The molecule has 0 spiro atoms. The highest BCUT2D eigenvalue weighted by Gasteiger charge is 2.25. The third-order valence-electron chi connectivity index (χ3n) is 7.92. The topological polar surface area (TPSA) is 102 Å². The number of amides is 1. The fraction of sp³-hybridized carbons (Fsp3) is 0.605. The largest absolute Gasteiger partial charge is 0.494 e. The Kier molecular flexibility index (Phi) is 20.7. The Morgan fingerprint density at radius 3 is 1.78 bits per heavy atom. The van der Waals surface area contributed by atoms with Crippen LogP contribution in [0.5, 0.6) is 11.5 Å². The lowest BCUT2D eigenvalue weighted by Crippen LogP contribution is -2.40. The molecular weight excluding hydrogens is 582 g/mol. The number of rotatable bonds is 27. The monoisotopic (exact) mass is 639 g/mol. The molecule has 8 heteroatoms. The van der Waals surface area contributed by atoms with Gasteiger partial charge >= 0.3 is 11.9 Å². The van der Waals surface area contributed by atoms with Crippen LogP contribution in [0.1, 0.15) is 133 Å². The molecule has 1 N–H and O–H groups in total. The number of ether oxygens (including phenoxy) is 3. The summed E-state index contributed by atoms with van der Waals surface area (Å²) >= 11 is 0. The maximum atomic E-state index is 13.6. The van der Waals surface area contributed by atoms with Crippen LogP contribution in [0.25, 0.3) is 0 Å². The van der Waals surface area contributed by atoms with E-state index in [1.165, 1.54) is 89.9 Å². The number of carbonyl (C=O) groups is 3. The van der Waals surface area contributed by atoms with E-state index in [1.54, 1.807) is 25.1 Å². The van der Waals surface area contributed by atoms with Crippen molar-refractivity contribution in [1.82, 2.24) is 4.90 Å². The summed E-state index contributed by atoms with van der Waals surface area (Å²) in [7, 11) is 0. The Morgan fingerprint density at radius 2 is 1.24 bits per heavy atom. The molecule has 2 aromatic carbocycles. The molecule has 0 unspecified atom stereocenters. The third-order valence-corrected chi connectivity index (χ3v) is 7.92. The highest BCUT2D eigenvalue weighted by Crippen LogP contribution is 2.27. The lowest BCUT2D eigenvalue weighted by Gasteiger charge is -2.22. The molecule has 0 aliphatic rings. The van der Waals surface area contributed by atoms with Gasteiger partial charge in [0.15, 0.2) is 0 Å². The first-order valence-corrected chi connectivity index (χ1v) is 17.5. The van der Waals surface area contributed by atoms with Crippen molar-refractivity contribution in [3.05, 3.63) is 59.7 Å². The molecule has 0 radical (unpaired) electrons. The van der Waals surface area contributed by atoms with E-state index in [0.717, 1.165) is 23.3 Å². The molecule has 0 aromatic heterocycles. The van der Waals surface area contributed by atoms with Crippen LogP contribution in [0.2, 0.25) is 0 Å². The molecule has 0 aliphatic carbocycles. The molecular formula is C38H57NO7. The number of carboxylic acid groups (broad SMARTS) is 1. The fourth-order valence-electron chi connectivity index (χ4n) is 5.36. The van der Waals surface area contributed by atoms with Gasteiger partial charge in [-0.15, -0.1) is 0 Å². The molecule has 256 valence electrons. The van der Waals surface area contributed by atoms with E-state index in [9.17, 15) is 19.5 Å². The highest BCUT2D eigenvalue weighted by atomic mass is 16.5. The average Bonchev–Trinajstić information content (AvgIpc) is 3.05. The van der Waals surface area contributed by atoms with Crippen molar-refractivity contribution in [3.63, 3.8) is 0 Å². The number of aliphatic carboxylic acids is 1. The molecule has 0 bridgehead atoms. The molecule has 46 heavy (non-hydrogen) atoms. The molecule has 0 aliphatic heterocycles. The van der Waals surface area contributed by atoms with Gasteiger partial charge in [0.1, 0.15) is 31.2 Å². The predicted molar refractivity (Wildman–Crippen MR) is 182 cm³/mol. The van der Waals surface area contributed by atoms with Crippen LogP contribution in [-0.2, 0) is 20.9 Å². The van der Waals surface area contributed by atoms with E-state index in [1.807, 2.05) is 30.3 Å². The first-order chi connectivity index (χ1) is 22.4. The Hall–Kier alpha value is -3.55. The van der Waals surface area contributed by atoms with Gasteiger partial charge in [-0.2, -0.15) is 0 Å². The number of unbranched alkanes of at least 4 members (excludes halogenated alkanes) is 15. The van der Waals surface area contributed by atoms with Crippen molar-refractivity contribution < 1.29 is 33.7 Å². The first kappa shape index (κ1) is 38.6. The van der Waals surface area contributed by atoms with E-state index in [2.05, 4.69) is 6.92 Å². The predicted octanol–water partition coefficient (Wildman–Crippen LogP) is 9.00. The maximum absolute atomic E-state index is 13.6. The fourth-order valence-corrected chi connectivity index (χ4v) is 5.36. The summed E-state index contributed by atoms with van der Waals surface area (Å²) in [6.45, 7) is 3.64. The Bertz CT molecular complexity index is 1120. The van der Waals surface area contributed by atoms with Gasteiger partial charge in [0, 0.05) is 0 Å². The van der Waals surface area contributed by atoms with Crippen LogP contribution in [0.3, 0.4) is 0 Å². The van der Waals surface area contributed by atoms with Crippen molar-refractivity contribution in [2.24, 2.45) is 0 Å². The number of nitrogens with zero attached hydrogens (tertiary/aromatic N) is 1. The van der Waals surface area contributed by atoms with E-state index in [0.29, 0.717) is 12.4 Å². The van der Waals surface area contributed by atoms with Crippen molar-refractivity contribution in [1.29, 1.82) is 0 Å². The molecule has 0 saturated carbocycles. The van der Waals surface area contributed by atoms with Gasteiger partial charge in [0.25, 0.3) is 5.91 Å². The Labute approximate surface area is 276 Å². The van der Waals surface area contributed by atoms with Crippen molar-refractivity contribution >= 4 is 17.8 Å². The Balaban J connectivity index is 1.80. The number of carbonyl (C=O) groups excluding carboxylic acids is 2. The van der Waals surface area contributed by atoms with Crippen molar-refractivity contribution in [3.8, 4) is 11.5 Å². The van der Waals surface area contributed by atoms with Gasteiger partial charge in [-0.05, 0) is 37.1 Å². The summed E-state index contributed by atoms with van der Waals surface area (Å²) < 4.78 is 16.9. The second kappa shape index (κ2) is 24.7. The minimum atomic E-state index is -1.24. The SMILES string of the molecule is CCCCCCCCCCCCCCCCCCOc1ccc(OCc2ccccc2)c(C(=O)N(CC(=O)O)CC(=O)OCC)c1. The second-order valence-electron chi connectivity index (χ2n) is 11.9. The molecule has 2 rings (SSSR count). The summed E-state index contributed by atoms with van der Waals surface area (Å²) in [5.41, 5.74) is 1.05. The first-order valence-electron chi connectivity index (χ1n) is 17.5. The molecule has 0 atom stereocenters.